The second-order valence-electron chi connectivity index (χ2n) is 6.79. The average molecular weight is 483 g/mol. The largest absolute Gasteiger partial charge is 0.394 e. The van der Waals surface area contributed by atoms with E-state index < -0.39 is 42.2 Å². The van der Waals surface area contributed by atoms with Gasteiger partial charge < -0.3 is 20.1 Å². The summed E-state index contributed by atoms with van der Waals surface area (Å²) in [4.78, 5) is 0.0532. The maximum atomic E-state index is 14.4. The lowest BCUT2D eigenvalue weighted by atomic mass is 9.97. The molecular formula is C19H16ClFN4O4S2. The Morgan fingerprint density at radius 1 is 1.35 bits per heavy atom. The molecule has 3 heterocycles. The van der Waals surface area contributed by atoms with E-state index >= 15 is 0 Å². The number of hydrogen-bond acceptors (Lipinski definition) is 9. The summed E-state index contributed by atoms with van der Waals surface area (Å²) in [5.74, 6) is -0.703. The summed E-state index contributed by atoms with van der Waals surface area (Å²) < 4.78 is 21.4. The number of hydrogen-bond donors (Lipinski definition) is 3. The summed E-state index contributed by atoms with van der Waals surface area (Å²) in [6, 6.07) is 4.93. The van der Waals surface area contributed by atoms with Crippen LogP contribution in [-0.2, 0) is 4.74 Å². The number of aliphatic hydroxyl groups is 3. The van der Waals surface area contributed by atoms with Crippen LogP contribution in [0.2, 0.25) is 5.02 Å². The number of ether oxygens (including phenoxy) is 1. The molecule has 0 amide bonds. The van der Waals surface area contributed by atoms with E-state index in [1.807, 2.05) is 16.8 Å². The van der Waals surface area contributed by atoms with E-state index in [4.69, 9.17) is 21.6 Å². The molecule has 8 nitrogen and oxygen atoms in total. The first-order valence-electron chi connectivity index (χ1n) is 9.05. The van der Waals surface area contributed by atoms with Crippen LogP contribution in [0.5, 0.6) is 0 Å². The number of thioether (sulfide) groups is 1. The lowest BCUT2D eigenvalue weighted by molar-refractivity contribution is -0.178. The van der Waals surface area contributed by atoms with Crippen LogP contribution in [-0.4, -0.2) is 60.7 Å². The Balaban J connectivity index is 1.63. The fourth-order valence-electron chi connectivity index (χ4n) is 3.27. The summed E-state index contributed by atoms with van der Waals surface area (Å²) in [6.45, 7) is -0.524. The number of aromatic nitrogens is 3. The molecule has 0 radical (unpaired) electrons. The normalized spacial score (nSPS) is 26.0. The van der Waals surface area contributed by atoms with Crippen molar-refractivity contribution in [1.29, 1.82) is 5.26 Å². The van der Waals surface area contributed by atoms with E-state index in [-0.39, 0.29) is 15.5 Å². The van der Waals surface area contributed by atoms with Gasteiger partial charge in [0, 0.05) is 15.8 Å². The van der Waals surface area contributed by atoms with Crippen LogP contribution in [0, 0.1) is 17.1 Å². The number of aliphatic hydroxyl groups excluding tert-OH is 3. The molecule has 3 N–H and O–H groups in total. The molecule has 1 aromatic carbocycles. The number of thiophene rings is 1. The molecule has 31 heavy (non-hydrogen) atoms. The van der Waals surface area contributed by atoms with Gasteiger partial charge in [-0.25, -0.2) is 9.07 Å². The molecular weight excluding hydrogens is 467 g/mol. The van der Waals surface area contributed by atoms with Gasteiger partial charge in [0.05, 0.1) is 23.4 Å². The third kappa shape index (κ3) is 4.33. The van der Waals surface area contributed by atoms with Crippen LogP contribution in [0.15, 0.2) is 40.1 Å². The highest BCUT2D eigenvalue weighted by Crippen LogP contribution is 2.40. The second kappa shape index (κ2) is 9.22. The van der Waals surface area contributed by atoms with Crippen molar-refractivity contribution in [2.24, 2.45) is 0 Å². The molecule has 4 rings (SSSR count). The first kappa shape index (κ1) is 22.2. The van der Waals surface area contributed by atoms with Crippen molar-refractivity contribution in [1.82, 2.24) is 15.0 Å². The maximum absolute atomic E-state index is 14.4. The van der Waals surface area contributed by atoms with E-state index in [0.717, 1.165) is 23.4 Å². The molecule has 12 heteroatoms. The Hall–Kier alpha value is -2.04. The molecule has 5 atom stereocenters. The number of nitrogens with zero attached hydrogens (tertiary/aromatic N) is 4. The third-order valence-corrected chi connectivity index (χ3v) is 7.05. The van der Waals surface area contributed by atoms with Gasteiger partial charge in [0.2, 0.25) is 0 Å². The first-order chi connectivity index (χ1) is 14.9. The fraction of sp³-hybridized carbons (Fsp3) is 0.316. The zero-order valence-electron chi connectivity index (χ0n) is 15.7. The van der Waals surface area contributed by atoms with Crippen molar-refractivity contribution >= 4 is 34.7 Å². The molecule has 1 saturated heterocycles. The monoisotopic (exact) mass is 482 g/mol. The van der Waals surface area contributed by atoms with Crippen molar-refractivity contribution in [2.45, 2.75) is 34.7 Å². The Kier molecular flexibility index (Phi) is 6.59. The van der Waals surface area contributed by atoms with Gasteiger partial charge in [-0.15, -0.1) is 5.10 Å². The molecule has 1 aliphatic rings. The number of nitriles is 1. The summed E-state index contributed by atoms with van der Waals surface area (Å²) >= 11 is 8.33. The van der Waals surface area contributed by atoms with E-state index in [2.05, 4.69) is 10.3 Å². The second-order valence-corrected chi connectivity index (χ2v) is 9.11. The lowest BCUT2D eigenvalue weighted by Crippen LogP contribution is -2.55. The average Bonchev–Trinajstić information content (AvgIpc) is 3.44. The Morgan fingerprint density at radius 2 is 2.16 bits per heavy atom. The smallest absolute Gasteiger partial charge is 0.138 e. The van der Waals surface area contributed by atoms with Gasteiger partial charge in [0.15, 0.2) is 0 Å². The van der Waals surface area contributed by atoms with Gasteiger partial charge in [0.1, 0.15) is 47.4 Å². The standard InChI is InChI=1S/C19H16ClFN4O4S2/c20-11-4-15(12(21)3-10(11)5-22)31-19-18(28)16(17(27)14(7-26)29-19)25-6-13(23-24-25)9-1-2-30-8-9/h1-4,6,8,14,16-19,26-28H,7H2/t14?,16-,17-,18?,19+/m0/s1. The maximum Gasteiger partial charge on any atom is 0.138 e. The molecule has 0 aliphatic carbocycles. The van der Waals surface area contributed by atoms with E-state index in [1.165, 1.54) is 22.1 Å². The van der Waals surface area contributed by atoms with Crippen LogP contribution in [0.4, 0.5) is 4.39 Å². The van der Waals surface area contributed by atoms with Crippen molar-refractivity contribution in [2.75, 3.05) is 6.61 Å². The highest BCUT2D eigenvalue weighted by molar-refractivity contribution is 7.99. The van der Waals surface area contributed by atoms with Gasteiger partial charge in [-0.3, -0.25) is 0 Å². The number of benzene rings is 1. The highest BCUT2D eigenvalue weighted by Gasteiger charge is 2.46. The predicted molar refractivity (Wildman–Crippen MR) is 112 cm³/mol. The zero-order chi connectivity index (χ0) is 22.1. The minimum Gasteiger partial charge on any atom is -0.394 e. The molecule has 0 spiro atoms. The molecule has 2 aromatic heterocycles. The van der Waals surface area contributed by atoms with Gasteiger partial charge in [0.25, 0.3) is 0 Å². The van der Waals surface area contributed by atoms with Crippen LogP contribution in [0.1, 0.15) is 11.6 Å². The SMILES string of the molecule is N#Cc1cc(F)c(S[C@H]2OC(CO)[C@H](O)[C@H](n3cc(-c4ccsc4)nn3)C2O)cc1Cl. The Bertz CT molecular complexity index is 1110. The third-order valence-electron chi connectivity index (χ3n) is 4.87. The number of halogens is 2. The molecule has 0 bridgehead atoms. The van der Waals surface area contributed by atoms with Crippen molar-refractivity contribution in [3.05, 3.63) is 51.6 Å². The van der Waals surface area contributed by atoms with Crippen LogP contribution >= 0.6 is 34.7 Å². The zero-order valence-corrected chi connectivity index (χ0v) is 18.1. The van der Waals surface area contributed by atoms with Gasteiger partial charge in [-0.05, 0) is 23.6 Å². The predicted octanol–water partition coefficient (Wildman–Crippen LogP) is 2.44. The van der Waals surface area contributed by atoms with Crippen molar-refractivity contribution in [3.63, 3.8) is 0 Å². The van der Waals surface area contributed by atoms with Crippen LogP contribution in [0.25, 0.3) is 11.3 Å². The quantitative estimate of drug-likeness (QED) is 0.506. The molecule has 1 fully saturated rings. The van der Waals surface area contributed by atoms with Gasteiger partial charge in [-0.2, -0.15) is 16.6 Å². The van der Waals surface area contributed by atoms with Gasteiger partial charge >= 0.3 is 0 Å². The molecule has 2 unspecified atom stereocenters. The fourth-order valence-corrected chi connectivity index (χ4v) is 5.30. The van der Waals surface area contributed by atoms with Gasteiger partial charge in [-0.1, -0.05) is 28.6 Å². The van der Waals surface area contributed by atoms with E-state index in [1.54, 1.807) is 12.3 Å². The lowest BCUT2D eigenvalue weighted by Gasteiger charge is -2.41. The topological polar surface area (TPSA) is 124 Å². The Labute approximate surface area is 189 Å². The molecule has 1 aliphatic heterocycles. The summed E-state index contributed by atoms with van der Waals surface area (Å²) in [7, 11) is 0. The summed E-state index contributed by atoms with van der Waals surface area (Å²) in [6.07, 6.45) is -2.08. The molecule has 0 saturated carbocycles. The number of rotatable bonds is 5. The minimum absolute atomic E-state index is 0.0151. The van der Waals surface area contributed by atoms with E-state index in [0.29, 0.717) is 5.69 Å². The Morgan fingerprint density at radius 3 is 2.84 bits per heavy atom. The molecule has 162 valence electrons. The minimum atomic E-state index is -1.33. The summed E-state index contributed by atoms with van der Waals surface area (Å²) in [5.41, 5.74) is 0.324. The van der Waals surface area contributed by atoms with Crippen LogP contribution in [0.3, 0.4) is 0 Å². The van der Waals surface area contributed by atoms with Crippen molar-refractivity contribution < 1.29 is 24.4 Å². The molecule has 3 aromatic rings. The van der Waals surface area contributed by atoms with E-state index in [9.17, 15) is 19.7 Å². The highest BCUT2D eigenvalue weighted by atomic mass is 35.5. The summed E-state index contributed by atoms with van der Waals surface area (Å²) in [5, 5.41) is 52.2. The van der Waals surface area contributed by atoms with Crippen LogP contribution < -0.4 is 0 Å². The van der Waals surface area contributed by atoms with Crippen molar-refractivity contribution in [3.8, 4) is 17.3 Å². The first-order valence-corrected chi connectivity index (χ1v) is 11.3.